The zero-order valence-corrected chi connectivity index (χ0v) is 9.60. The topological polar surface area (TPSA) is 0 Å². The monoisotopic (exact) mass is 206 g/mol. The molecule has 0 heterocycles. The van der Waals surface area contributed by atoms with Gasteiger partial charge in [0.05, 0.1) is 0 Å². The van der Waals surface area contributed by atoms with Gasteiger partial charge in [-0.3, -0.25) is 0 Å². The molecular formula is C13H15Cl. The molecule has 0 unspecified atom stereocenters. The van der Waals surface area contributed by atoms with Crippen LogP contribution in [0.15, 0.2) is 36.4 Å². The van der Waals surface area contributed by atoms with E-state index in [1.807, 2.05) is 38.1 Å². The standard InChI is InChI=1S/C11H9Cl.C2H6/c1-8-6-9-4-2-3-5-10(9)11(12)7-8;1-2/h2-7H,1H3;1-2H3. The van der Waals surface area contributed by atoms with Gasteiger partial charge in [-0.05, 0) is 23.9 Å². The van der Waals surface area contributed by atoms with Crippen molar-refractivity contribution < 1.29 is 0 Å². The molecule has 2 rings (SSSR count). The molecule has 0 atom stereocenters. The first-order valence-corrected chi connectivity index (χ1v) is 5.30. The first-order chi connectivity index (χ1) is 6.77. The van der Waals surface area contributed by atoms with Gasteiger partial charge in [0.1, 0.15) is 0 Å². The van der Waals surface area contributed by atoms with Crippen LogP contribution in [0.25, 0.3) is 10.8 Å². The lowest BCUT2D eigenvalue weighted by molar-refractivity contribution is 1.50. The van der Waals surface area contributed by atoms with Crippen molar-refractivity contribution in [3.8, 4) is 0 Å². The summed E-state index contributed by atoms with van der Waals surface area (Å²) in [5.41, 5.74) is 1.21. The summed E-state index contributed by atoms with van der Waals surface area (Å²) in [5, 5.41) is 3.18. The molecular weight excluding hydrogens is 192 g/mol. The predicted molar refractivity (Wildman–Crippen MR) is 65.0 cm³/mol. The van der Waals surface area contributed by atoms with Gasteiger partial charge in [0, 0.05) is 10.4 Å². The zero-order chi connectivity index (χ0) is 10.6. The quantitative estimate of drug-likeness (QED) is 0.579. The Morgan fingerprint density at radius 3 is 2.36 bits per heavy atom. The van der Waals surface area contributed by atoms with Crippen LogP contribution in [-0.2, 0) is 0 Å². The second-order valence-electron chi connectivity index (χ2n) is 2.97. The minimum absolute atomic E-state index is 0.839. The van der Waals surface area contributed by atoms with Crippen molar-refractivity contribution in [2.24, 2.45) is 0 Å². The van der Waals surface area contributed by atoms with E-state index >= 15 is 0 Å². The average molecular weight is 207 g/mol. The third kappa shape index (κ3) is 2.27. The van der Waals surface area contributed by atoms with Gasteiger partial charge in [0.2, 0.25) is 0 Å². The molecule has 0 amide bonds. The molecule has 0 spiro atoms. The van der Waals surface area contributed by atoms with Crippen molar-refractivity contribution in [3.63, 3.8) is 0 Å². The van der Waals surface area contributed by atoms with Gasteiger partial charge in [-0.1, -0.05) is 55.8 Å². The van der Waals surface area contributed by atoms with E-state index in [4.69, 9.17) is 11.6 Å². The van der Waals surface area contributed by atoms with Crippen LogP contribution in [0.3, 0.4) is 0 Å². The molecule has 74 valence electrons. The Bertz CT molecular complexity index is 419. The number of hydrogen-bond acceptors (Lipinski definition) is 0. The van der Waals surface area contributed by atoms with Crippen LogP contribution >= 0.6 is 11.6 Å². The van der Waals surface area contributed by atoms with Crippen LogP contribution in [0.4, 0.5) is 0 Å². The summed E-state index contributed by atoms with van der Waals surface area (Å²) in [6.45, 7) is 6.05. The lowest BCUT2D eigenvalue weighted by atomic mass is 10.1. The Morgan fingerprint density at radius 1 is 1.00 bits per heavy atom. The van der Waals surface area contributed by atoms with E-state index < -0.39 is 0 Å². The maximum atomic E-state index is 6.06. The van der Waals surface area contributed by atoms with Crippen LogP contribution in [0.5, 0.6) is 0 Å². The first-order valence-electron chi connectivity index (χ1n) is 4.92. The van der Waals surface area contributed by atoms with Gasteiger partial charge in [-0.25, -0.2) is 0 Å². The second kappa shape index (κ2) is 5.02. The molecule has 0 aliphatic rings. The summed E-state index contributed by atoms with van der Waals surface area (Å²) in [4.78, 5) is 0. The van der Waals surface area contributed by atoms with Gasteiger partial charge >= 0.3 is 0 Å². The van der Waals surface area contributed by atoms with Crippen molar-refractivity contribution in [2.75, 3.05) is 0 Å². The fourth-order valence-electron chi connectivity index (χ4n) is 1.40. The smallest absolute Gasteiger partial charge is 0.0487 e. The first kappa shape index (κ1) is 11.1. The highest BCUT2D eigenvalue weighted by molar-refractivity contribution is 6.35. The number of aryl methyl sites for hydroxylation is 1. The molecule has 0 fully saturated rings. The molecule has 0 radical (unpaired) electrons. The highest BCUT2D eigenvalue weighted by Gasteiger charge is 1.97. The molecule has 0 saturated heterocycles. The Balaban J connectivity index is 0.000000461. The van der Waals surface area contributed by atoms with Crippen LogP contribution in [0, 0.1) is 6.92 Å². The fraction of sp³-hybridized carbons (Fsp3) is 0.231. The number of benzene rings is 2. The molecule has 0 N–H and O–H groups in total. The van der Waals surface area contributed by atoms with Crippen molar-refractivity contribution in [2.45, 2.75) is 20.8 Å². The summed E-state index contributed by atoms with van der Waals surface area (Å²) >= 11 is 6.06. The third-order valence-electron chi connectivity index (χ3n) is 1.96. The Hall–Kier alpha value is -1.01. The minimum atomic E-state index is 0.839. The molecule has 0 saturated carbocycles. The summed E-state index contributed by atoms with van der Waals surface area (Å²) < 4.78 is 0. The highest BCUT2D eigenvalue weighted by atomic mass is 35.5. The van der Waals surface area contributed by atoms with E-state index in [1.165, 1.54) is 10.9 Å². The van der Waals surface area contributed by atoms with E-state index in [1.54, 1.807) is 0 Å². The number of hydrogen-bond donors (Lipinski definition) is 0. The van der Waals surface area contributed by atoms with Gasteiger partial charge < -0.3 is 0 Å². The molecule has 0 aliphatic heterocycles. The van der Waals surface area contributed by atoms with Crippen molar-refractivity contribution >= 4 is 22.4 Å². The van der Waals surface area contributed by atoms with E-state index in [0.717, 1.165) is 10.4 Å². The molecule has 14 heavy (non-hydrogen) atoms. The number of rotatable bonds is 0. The third-order valence-corrected chi connectivity index (χ3v) is 2.27. The predicted octanol–water partition coefficient (Wildman–Crippen LogP) is 4.83. The molecule has 2 aromatic rings. The van der Waals surface area contributed by atoms with Gasteiger partial charge in [0.25, 0.3) is 0 Å². The number of fused-ring (bicyclic) bond motifs is 1. The van der Waals surface area contributed by atoms with Crippen LogP contribution in [0.1, 0.15) is 19.4 Å². The van der Waals surface area contributed by atoms with Crippen molar-refractivity contribution in [3.05, 3.63) is 47.0 Å². The summed E-state index contributed by atoms with van der Waals surface area (Å²) in [6, 6.07) is 12.3. The zero-order valence-electron chi connectivity index (χ0n) is 8.84. The minimum Gasteiger partial charge on any atom is -0.0837 e. The maximum absolute atomic E-state index is 6.06. The number of halogens is 1. The van der Waals surface area contributed by atoms with Crippen molar-refractivity contribution in [1.29, 1.82) is 0 Å². The van der Waals surface area contributed by atoms with Crippen molar-refractivity contribution in [1.82, 2.24) is 0 Å². The summed E-state index contributed by atoms with van der Waals surface area (Å²) in [6.07, 6.45) is 0. The normalized spacial score (nSPS) is 9.43. The van der Waals surface area contributed by atoms with Crippen LogP contribution in [0.2, 0.25) is 5.02 Å². The van der Waals surface area contributed by atoms with E-state index in [0.29, 0.717) is 0 Å². The second-order valence-corrected chi connectivity index (χ2v) is 3.38. The SMILES string of the molecule is CC.Cc1cc(Cl)c2ccccc2c1. The van der Waals surface area contributed by atoms with Gasteiger partial charge in [-0.15, -0.1) is 0 Å². The Kier molecular flexibility index (Phi) is 3.97. The molecule has 0 aliphatic carbocycles. The van der Waals surface area contributed by atoms with Crippen LogP contribution in [-0.4, -0.2) is 0 Å². The Morgan fingerprint density at radius 2 is 1.64 bits per heavy atom. The lowest BCUT2D eigenvalue weighted by Crippen LogP contribution is -1.76. The van der Waals surface area contributed by atoms with Crippen LogP contribution < -0.4 is 0 Å². The average Bonchev–Trinajstić information content (AvgIpc) is 2.20. The summed E-state index contributed by atoms with van der Waals surface area (Å²) in [7, 11) is 0. The molecule has 0 nitrogen and oxygen atoms in total. The van der Waals surface area contributed by atoms with E-state index in [-0.39, 0.29) is 0 Å². The molecule has 0 aromatic heterocycles. The molecule has 2 aromatic carbocycles. The lowest BCUT2D eigenvalue weighted by Gasteiger charge is -2.01. The Labute approximate surface area is 90.5 Å². The fourth-order valence-corrected chi connectivity index (χ4v) is 1.75. The summed E-state index contributed by atoms with van der Waals surface area (Å²) in [5.74, 6) is 0. The maximum Gasteiger partial charge on any atom is 0.0487 e. The molecule has 0 bridgehead atoms. The largest absolute Gasteiger partial charge is 0.0837 e. The van der Waals surface area contributed by atoms with E-state index in [2.05, 4.69) is 19.1 Å². The van der Waals surface area contributed by atoms with E-state index in [9.17, 15) is 0 Å². The van der Waals surface area contributed by atoms with Gasteiger partial charge in [0.15, 0.2) is 0 Å². The van der Waals surface area contributed by atoms with Gasteiger partial charge in [-0.2, -0.15) is 0 Å². The molecule has 1 heteroatoms. The highest BCUT2D eigenvalue weighted by Crippen LogP contribution is 2.24.